The van der Waals surface area contributed by atoms with Gasteiger partial charge in [0.15, 0.2) is 11.5 Å². The van der Waals surface area contributed by atoms with Gasteiger partial charge >= 0.3 is 0 Å². The van der Waals surface area contributed by atoms with Crippen molar-refractivity contribution in [2.24, 2.45) is 0 Å². The summed E-state index contributed by atoms with van der Waals surface area (Å²) >= 11 is 0. The minimum Gasteiger partial charge on any atom is -0.497 e. The number of anilines is 1. The summed E-state index contributed by atoms with van der Waals surface area (Å²) in [6.07, 6.45) is 0. The van der Waals surface area contributed by atoms with Gasteiger partial charge in [-0.15, -0.1) is 0 Å². The van der Waals surface area contributed by atoms with E-state index in [0.29, 0.717) is 39.8 Å². The van der Waals surface area contributed by atoms with Crippen LogP contribution in [0.1, 0.15) is 33.4 Å². The van der Waals surface area contributed by atoms with Crippen molar-refractivity contribution in [3.05, 3.63) is 77.4 Å². The highest BCUT2D eigenvalue weighted by atomic mass is 16.5. The summed E-state index contributed by atoms with van der Waals surface area (Å²) in [4.78, 5) is 29.0. The van der Waals surface area contributed by atoms with Crippen molar-refractivity contribution < 1.29 is 28.5 Å². The number of ether oxygens (including phenoxy) is 4. The van der Waals surface area contributed by atoms with Gasteiger partial charge in [0.25, 0.3) is 5.91 Å². The Morgan fingerprint density at radius 3 is 2.09 bits per heavy atom. The number of carbonyl (C=O) groups excluding carboxylic acids is 2. The summed E-state index contributed by atoms with van der Waals surface area (Å²) in [6, 6.07) is 17.3. The van der Waals surface area contributed by atoms with Crippen molar-refractivity contribution in [3.8, 4) is 23.0 Å². The molecule has 4 rings (SSSR count). The summed E-state index contributed by atoms with van der Waals surface area (Å²) in [6.45, 7) is 0. The molecule has 0 spiro atoms. The monoisotopic (exact) mass is 476 g/mol. The van der Waals surface area contributed by atoms with Crippen LogP contribution in [0.2, 0.25) is 0 Å². The fourth-order valence-electron chi connectivity index (χ4n) is 4.51. The van der Waals surface area contributed by atoms with E-state index in [9.17, 15) is 9.59 Å². The van der Waals surface area contributed by atoms with Crippen LogP contribution in [-0.4, -0.2) is 52.2 Å². The fraction of sp³-hybridized carbons (Fsp3) is 0.259. The molecule has 0 unspecified atom stereocenters. The molecule has 1 aliphatic heterocycles. The predicted molar refractivity (Wildman–Crippen MR) is 132 cm³/mol. The first kappa shape index (κ1) is 23.9. The molecule has 0 aliphatic carbocycles. The molecule has 8 nitrogen and oxygen atoms in total. The van der Waals surface area contributed by atoms with Gasteiger partial charge in [-0.05, 0) is 47.5 Å². The van der Waals surface area contributed by atoms with Crippen molar-refractivity contribution in [3.63, 3.8) is 0 Å². The van der Waals surface area contributed by atoms with Gasteiger partial charge in [0.2, 0.25) is 5.91 Å². The van der Waals surface area contributed by atoms with E-state index in [1.807, 2.05) is 36.4 Å². The van der Waals surface area contributed by atoms with Gasteiger partial charge in [-0.2, -0.15) is 0 Å². The zero-order valence-electron chi connectivity index (χ0n) is 20.3. The Kier molecular flexibility index (Phi) is 6.82. The molecule has 2 atom stereocenters. The number of para-hydroxylation sites is 2. The van der Waals surface area contributed by atoms with Crippen LogP contribution in [0.5, 0.6) is 23.0 Å². The molecule has 3 aromatic rings. The molecule has 0 fully saturated rings. The molecule has 1 aliphatic rings. The third kappa shape index (κ3) is 4.35. The molecule has 8 heteroatoms. The van der Waals surface area contributed by atoms with Gasteiger partial charge < -0.3 is 29.2 Å². The molecule has 2 amide bonds. The van der Waals surface area contributed by atoms with Gasteiger partial charge in [-0.3, -0.25) is 9.59 Å². The SMILES string of the molecule is COc1ccc([C@H]2[C@@H](C(=O)Nc3ccccc3OC)c3cc(OC)c(OC)cc3C(=O)N2C)cc1. The Bertz CT molecular complexity index is 1240. The Morgan fingerprint density at radius 2 is 1.46 bits per heavy atom. The summed E-state index contributed by atoms with van der Waals surface area (Å²) in [5.41, 5.74) is 2.27. The van der Waals surface area contributed by atoms with Crippen LogP contribution in [0, 0.1) is 0 Å². The lowest BCUT2D eigenvalue weighted by Crippen LogP contribution is -2.44. The minimum atomic E-state index is -0.745. The Labute approximate surface area is 204 Å². The highest BCUT2D eigenvalue weighted by Crippen LogP contribution is 2.46. The average Bonchev–Trinajstić information content (AvgIpc) is 2.90. The number of likely N-dealkylation sites (N-methyl/N-ethyl adjacent to an activating group) is 1. The lowest BCUT2D eigenvalue weighted by atomic mass is 9.79. The summed E-state index contributed by atoms with van der Waals surface area (Å²) < 4.78 is 21.6. The standard InChI is InChI=1S/C27H28N2O6/c1-29-25(16-10-12-17(32-2)13-11-16)24(26(30)28-20-8-6-7-9-21(20)33-3)18-14-22(34-4)23(35-5)15-19(18)27(29)31/h6-15,24-25H,1-5H3,(H,28,30)/t24-,25-/m0/s1. The molecule has 3 aromatic carbocycles. The van der Waals surface area contributed by atoms with Crippen molar-refractivity contribution >= 4 is 17.5 Å². The van der Waals surface area contributed by atoms with Gasteiger partial charge in [0.1, 0.15) is 11.5 Å². The summed E-state index contributed by atoms with van der Waals surface area (Å²) in [5.74, 6) is 0.819. The second-order valence-corrected chi connectivity index (χ2v) is 8.10. The number of benzene rings is 3. The van der Waals surface area contributed by atoms with Crippen molar-refractivity contribution in [1.82, 2.24) is 4.90 Å². The zero-order chi connectivity index (χ0) is 25.1. The molecule has 35 heavy (non-hydrogen) atoms. The number of nitrogens with zero attached hydrogens (tertiary/aromatic N) is 1. The molecule has 0 aromatic heterocycles. The van der Waals surface area contributed by atoms with E-state index in [4.69, 9.17) is 18.9 Å². The number of methoxy groups -OCH3 is 4. The lowest BCUT2D eigenvalue weighted by Gasteiger charge is -2.40. The quantitative estimate of drug-likeness (QED) is 0.548. The maximum atomic E-state index is 13.9. The van der Waals surface area contributed by atoms with Crippen LogP contribution in [0.15, 0.2) is 60.7 Å². The van der Waals surface area contributed by atoms with Crippen LogP contribution in [0.25, 0.3) is 0 Å². The first-order chi connectivity index (χ1) is 16.9. The maximum Gasteiger partial charge on any atom is 0.254 e. The van der Waals surface area contributed by atoms with E-state index in [1.165, 1.54) is 14.2 Å². The molecule has 0 saturated carbocycles. The third-order valence-corrected chi connectivity index (χ3v) is 6.28. The second kappa shape index (κ2) is 9.97. The molecule has 0 bridgehead atoms. The molecule has 182 valence electrons. The van der Waals surface area contributed by atoms with E-state index in [0.717, 1.165) is 5.56 Å². The van der Waals surface area contributed by atoms with Gasteiger partial charge in [-0.25, -0.2) is 0 Å². The van der Waals surface area contributed by atoms with Crippen molar-refractivity contribution in [1.29, 1.82) is 0 Å². The van der Waals surface area contributed by atoms with Crippen LogP contribution in [0.4, 0.5) is 5.69 Å². The second-order valence-electron chi connectivity index (χ2n) is 8.10. The fourth-order valence-corrected chi connectivity index (χ4v) is 4.51. The number of hydrogen-bond donors (Lipinski definition) is 1. The number of fused-ring (bicyclic) bond motifs is 1. The van der Waals surface area contributed by atoms with Crippen molar-refractivity contribution in [2.45, 2.75) is 12.0 Å². The molecule has 0 radical (unpaired) electrons. The normalized spacial score (nSPS) is 16.8. The summed E-state index contributed by atoms with van der Waals surface area (Å²) in [5, 5.41) is 3.00. The molecule has 0 saturated heterocycles. The summed E-state index contributed by atoms with van der Waals surface area (Å²) in [7, 11) is 7.86. The smallest absolute Gasteiger partial charge is 0.254 e. The van der Waals surface area contributed by atoms with E-state index in [-0.39, 0.29) is 11.8 Å². The first-order valence-corrected chi connectivity index (χ1v) is 11.0. The maximum absolute atomic E-state index is 13.9. The van der Waals surface area contributed by atoms with Crippen LogP contribution >= 0.6 is 0 Å². The van der Waals surface area contributed by atoms with E-state index in [1.54, 1.807) is 50.4 Å². The largest absolute Gasteiger partial charge is 0.497 e. The highest BCUT2D eigenvalue weighted by Gasteiger charge is 2.43. The lowest BCUT2D eigenvalue weighted by molar-refractivity contribution is -0.119. The minimum absolute atomic E-state index is 0.219. The third-order valence-electron chi connectivity index (χ3n) is 6.28. The van der Waals surface area contributed by atoms with Gasteiger partial charge in [0, 0.05) is 12.6 Å². The van der Waals surface area contributed by atoms with Crippen molar-refractivity contribution in [2.75, 3.05) is 40.8 Å². The number of nitrogens with one attached hydrogen (secondary N) is 1. The van der Waals surface area contributed by atoms with E-state index < -0.39 is 12.0 Å². The molecular formula is C27H28N2O6. The first-order valence-electron chi connectivity index (χ1n) is 11.0. The van der Waals surface area contributed by atoms with Crippen LogP contribution < -0.4 is 24.3 Å². The Hall–Kier alpha value is -4.20. The topological polar surface area (TPSA) is 86.3 Å². The van der Waals surface area contributed by atoms with E-state index >= 15 is 0 Å². The highest BCUT2D eigenvalue weighted by molar-refractivity contribution is 6.05. The van der Waals surface area contributed by atoms with Gasteiger partial charge in [0.05, 0.1) is 46.1 Å². The average molecular weight is 477 g/mol. The number of carbonyl (C=O) groups is 2. The number of rotatable bonds is 7. The number of amides is 2. The Balaban J connectivity index is 1.88. The molecule has 1 N–H and O–H groups in total. The zero-order valence-corrected chi connectivity index (χ0v) is 20.3. The number of hydrogen-bond acceptors (Lipinski definition) is 6. The Morgan fingerprint density at radius 1 is 0.829 bits per heavy atom. The van der Waals surface area contributed by atoms with Gasteiger partial charge in [-0.1, -0.05) is 24.3 Å². The predicted octanol–water partition coefficient (Wildman–Crippen LogP) is 4.27. The van der Waals surface area contributed by atoms with Crippen LogP contribution in [-0.2, 0) is 4.79 Å². The molecular weight excluding hydrogens is 448 g/mol. The van der Waals surface area contributed by atoms with E-state index in [2.05, 4.69) is 5.32 Å². The van der Waals surface area contributed by atoms with Crippen LogP contribution in [0.3, 0.4) is 0 Å². The molecule has 1 heterocycles.